The van der Waals surface area contributed by atoms with Crippen LogP contribution in [0.25, 0.3) is 0 Å². The highest BCUT2D eigenvalue weighted by molar-refractivity contribution is 5.81. The number of halogens is 1. The Morgan fingerprint density at radius 3 is 3.00 bits per heavy atom. The number of hydrogen-bond donors (Lipinski definition) is 1. The first-order valence-corrected chi connectivity index (χ1v) is 3.50. The molecule has 0 atom stereocenters. The molecule has 0 fully saturated rings. The number of hydrogen-bond acceptors (Lipinski definition) is 4. The van der Waals surface area contributed by atoms with Gasteiger partial charge in [0.05, 0.1) is 5.56 Å². The summed E-state index contributed by atoms with van der Waals surface area (Å²) in [6.07, 6.45) is 0.348. The Balaban J connectivity index is 2.68. The normalized spacial score (nSPS) is 13.0. The van der Waals surface area contributed by atoms with E-state index in [1.807, 2.05) is 0 Å². The summed E-state index contributed by atoms with van der Waals surface area (Å²) in [5.41, 5.74) is -0.151. The molecule has 0 spiro atoms. The summed E-state index contributed by atoms with van der Waals surface area (Å²) in [5.74, 6) is -1.68. The summed E-state index contributed by atoms with van der Waals surface area (Å²) >= 11 is 0. The number of fused-ring (bicyclic) bond motifs is 1. The zero-order valence-corrected chi connectivity index (χ0v) is 6.41. The van der Waals surface area contributed by atoms with Crippen LogP contribution >= 0.6 is 0 Å². The predicted octanol–water partition coefficient (Wildman–Crippen LogP) is 1.07. The van der Waals surface area contributed by atoms with E-state index in [1.54, 1.807) is 0 Å². The molecule has 0 aromatic heterocycles. The fourth-order valence-electron chi connectivity index (χ4n) is 1.10. The maximum absolute atomic E-state index is 13.1. The second-order valence-corrected chi connectivity index (χ2v) is 2.48. The number of ether oxygens (including phenoxy) is 2. The van der Waals surface area contributed by atoms with E-state index in [1.165, 1.54) is 6.07 Å². The lowest BCUT2D eigenvalue weighted by Gasteiger charge is -2.01. The van der Waals surface area contributed by atoms with Gasteiger partial charge in [0, 0.05) is 0 Å². The zero-order chi connectivity index (χ0) is 9.42. The van der Waals surface area contributed by atoms with Crippen molar-refractivity contribution in [2.45, 2.75) is 0 Å². The highest BCUT2D eigenvalue weighted by Gasteiger charge is 2.24. The lowest BCUT2D eigenvalue weighted by atomic mass is 10.2. The van der Waals surface area contributed by atoms with Crippen LogP contribution in [0.1, 0.15) is 10.4 Å². The summed E-state index contributed by atoms with van der Waals surface area (Å²) in [4.78, 5) is 10.4. The molecule has 0 unspecified atom stereocenters. The molecule has 1 aliphatic rings. The molecule has 13 heavy (non-hydrogen) atoms. The molecule has 4 nitrogen and oxygen atoms in total. The number of phenolic OH excluding ortho intramolecular Hbond substituents is 1. The smallest absolute Gasteiger partial charge is 0.231 e. The monoisotopic (exact) mass is 184 g/mol. The second kappa shape index (κ2) is 2.62. The Hall–Kier alpha value is -1.78. The van der Waals surface area contributed by atoms with E-state index in [9.17, 15) is 9.18 Å². The number of phenols is 1. The second-order valence-electron chi connectivity index (χ2n) is 2.48. The third-order valence-electron chi connectivity index (χ3n) is 1.74. The van der Waals surface area contributed by atoms with Gasteiger partial charge >= 0.3 is 0 Å². The van der Waals surface area contributed by atoms with E-state index in [0.29, 0.717) is 6.29 Å². The van der Waals surface area contributed by atoms with Crippen LogP contribution in [0, 0.1) is 5.82 Å². The van der Waals surface area contributed by atoms with Crippen LogP contribution < -0.4 is 9.47 Å². The van der Waals surface area contributed by atoms with Crippen LogP contribution in [0.3, 0.4) is 0 Å². The molecule has 0 radical (unpaired) electrons. The lowest BCUT2D eigenvalue weighted by Crippen LogP contribution is -1.93. The van der Waals surface area contributed by atoms with E-state index in [4.69, 9.17) is 14.6 Å². The van der Waals surface area contributed by atoms with Crippen LogP contribution in [-0.2, 0) is 0 Å². The fraction of sp³-hybridized carbons (Fsp3) is 0.125. The Morgan fingerprint density at radius 2 is 2.31 bits per heavy atom. The molecule has 1 aliphatic heterocycles. The van der Waals surface area contributed by atoms with Gasteiger partial charge in [0.15, 0.2) is 17.8 Å². The van der Waals surface area contributed by atoms with Crippen molar-refractivity contribution >= 4 is 6.29 Å². The number of carbonyl (C=O) groups is 1. The minimum absolute atomic E-state index is 0.103. The van der Waals surface area contributed by atoms with Crippen LogP contribution in [0.15, 0.2) is 6.07 Å². The first-order valence-electron chi connectivity index (χ1n) is 3.50. The van der Waals surface area contributed by atoms with Gasteiger partial charge in [-0.15, -0.1) is 0 Å². The van der Waals surface area contributed by atoms with Crippen molar-refractivity contribution in [2.75, 3.05) is 6.79 Å². The third kappa shape index (κ3) is 1.00. The fourth-order valence-corrected chi connectivity index (χ4v) is 1.10. The molecule has 1 heterocycles. The molecule has 1 aromatic rings. The van der Waals surface area contributed by atoms with Gasteiger partial charge in [0.25, 0.3) is 0 Å². The molecular weight excluding hydrogens is 179 g/mol. The third-order valence-corrected chi connectivity index (χ3v) is 1.74. The number of aldehydes is 1. The molecule has 1 N–H and O–H groups in total. The summed E-state index contributed by atoms with van der Waals surface area (Å²) in [7, 11) is 0. The quantitative estimate of drug-likeness (QED) is 0.663. The van der Waals surface area contributed by atoms with Gasteiger partial charge < -0.3 is 14.6 Å². The van der Waals surface area contributed by atoms with Gasteiger partial charge in [-0.25, -0.2) is 0 Å². The van der Waals surface area contributed by atoms with E-state index < -0.39 is 11.6 Å². The molecule has 5 heteroatoms. The Labute approximate surface area is 72.5 Å². The summed E-state index contributed by atoms with van der Waals surface area (Å²) in [5, 5.41) is 9.12. The van der Waals surface area contributed by atoms with Crippen molar-refractivity contribution in [3.63, 3.8) is 0 Å². The average Bonchev–Trinajstić information content (AvgIpc) is 2.59. The lowest BCUT2D eigenvalue weighted by molar-refractivity contribution is 0.112. The molecule has 0 bridgehead atoms. The Kier molecular flexibility index (Phi) is 1.58. The maximum Gasteiger partial charge on any atom is 0.231 e. The largest absolute Gasteiger partial charge is 0.504 e. The molecule has 0 saturated carbocycles. The number of rotatable bonds is 1. The summed E-state index contributed by atoms with van der Waals surface area (Å²) in [6.45, 7) is -0.103. The molecule has 2 rings (SSSR count). The minimum Gasteiger partial charge on any atom is -0.504 e. The van der Waals surface area contributed by atoms with Crippen molar-refractivity contribution in [2.24, 2.45) is 0 Å². The molecule has 1 aromatic carbocycles. The highest BCUT2D eigenvalue weighted by Crippen LogP contribution is 2.40. The van der Waals surface area contributed by atoms with Gasteiger partial charge in [-0.2, -0.15) is 4.39 Å². The number of aromatic hydroxyl groups is 1. The minimum atomic E-state index is -0.961. The summed E-state index contributed by atoms with van der Waals surface area (Å²) in [6, 6.07) is 1.23. The zero-order valence-electron chi connectivity index (χ0n) is 6.41. The molecule has 68 valence electrons. The van der Waals surface area contributed by atoms with Crippen molar-refractivity contribution < 1.29 is 23.8 Å². The Morgan fingerprint density at radius 1 is 1.54 bits per heavy atom. The van der Waals surface area contributed by atoms with Gasteiger partial charge in [-0.05, 0) is 6.07 Å². The van der Waals surface area contributed by atoms with Crippen molar-refractivity contribution in [3.8, 4) is 17.2 Å². The van der Waals surface area contributed by atoms with E-state index in [2.05, 4.69) is 0 Å². The van der Waals surface area contributed by atoms with E-state index in [0.717, 1.165) is 0 Å². The molecule has 0 amide bonds. The number of carbonyl (C=O) groups excluding carboxylic acids is 1. The predicted molar refractivity (Wildman–Crippen MR) is 39.6 cm³/mol. The Bertz CT molecular complexity index is 375. The first-order chi connectivity index (χ1) is 6.24. The topological polar surface area (TPSA) is 55.8 Å². The van der Waals surface area contributed by atoms with Crippen LogP contribution in [-0.4, -0.2) is 18.2 Å². The SMILES string of the molecule is O=Cc1cc2c(c(F)c1O)OCO2. The van der Waals surface area contributed by atoms with E-state index in [-0.39, 0.29) is 23.9 Å². The van der Waals surface area contributed by atoms with Crippen LogP contribution in [0.2, 0.25) is 0 Å². The summed E-state index contributed by atoms with van der Waals surface area (Å²) < 4.78 is 22.7. The van der Waals surface area contributed by atoms with E-state index >= 15 is 0 Å². The maximum atomic E-state index is 13.1. The van der Waals surface area contributed by atoms with Crippen molar-refractivity contribution in [3.05, 3.63) is 17.4 Å². The van der Waals surface area contributed by atoms with Gasteiger partial charge in [0.2, 0.25) is 18.4 Å². The van der Waals surface area contributed by atoms with Crippen molar-refractivity contribution in [1.29, 1.82) is 0 Å². The first kappa shape index (κ1) is 7.85. The van der Waals surface area contributed by atoms with Crippen LogP contribution in [0.5, 0.6) is 17.2 Å². The molecule has 0 aliphatic carbocycles. The molecule has 0 saturated heterocycles. The average molecular weight is 184 g/mol. The van der Waals surface area contributed by atoms with Gasteiger partial charge in [-0.3, -0.25) is 4.79 Å². The van der Waals surface area contributed by atoms with Crippen molar-refractivity contribution in [1.82, 2.24) is 0 Å². The highest BCUT2D eigenvalue weighted by atomic mass is 19.1. The van der Waals surface area contributed by atoms with Crippen LogP contribution in [0.4, 0.5) is 4.39 Å². The standard InChI is InChI=1S/C8H5FO4/c9-6-7(11)4(2-10)1-5-8(6)13-3-12-5/h1-2,11H,3H2. The number of benzene rings is 1. The van der Waals surface area contributed by atoms with Gasteiger partial charge in [-0.1, -0.05) is 0 Å². The molecular formula is C8H5FO4. The van der Waals surface area contributed by atoms with Gasteiger partial charge in [0.1, 0.15) is 0 Å².